The second-order valence-corrected chi connectivity index (χ2v) is 5.35. The Morgan fingerprint density at radius 1 is 0.857 bits per heavy atom. The van der Waals surface area contributed by atoms with Crippen molar-refractivity contribution in [2.45, 2.75) is 0 Å². The molecule has 0 unspecified atom stereocenters. The molecule has 3 aromatic rings. The predicted molar refractivity (Wildman–Crippen MR) is 90.5 cm³/mol. The highest BCUT2D eigenvalue weighted by molar-refractivity contribution is 9.10. The third-order valence-corrected chi connectivity index (χ3v) is 3.95. The van der Waals surface area contributed by atoms with Crippen LogP contribution in [0.3, 0.4) is 0 Å². The van der Waals surface area contributed by atoms with Crippen LogP contribution in [0.1, 0.15) is 5.56 Å². The van der Waals surface area contributed by atoms with Gasteiger partial charge in [0.15, 0.2) is 0 Å². The van der Waals surface area contributed by atoms with E-state index in [4.69, 9.17) is 4.74 Å². The van der Waals surface area contributed by atoms with E-state index in [9.17, 15) is 0 Å². The van der Waals surface area contributed by atoms with Gasteiger partial charge < -0.3 is 4.74 Å². The third-order valence-electron chi connectivity index (χ3n) is 3.13. The molecule has 0 saturated carbocycles. The van der Waals surface area contributed by atoms with E-state index in [-0.39, 0.29) is 0 Å². The molecule has 0 aromatic heterocycles. The van der Waals surface area contributed by atoms with Crippen molar-refractivity contribution in [1.82, 2.24) is 0 Å². The number of benzene rings is 3. The largest absolute Gasteiger partial charge is 0.480 e. The minimum Gasteiger partial charge on any atom is -0.480 e. The first-order valence-corrected chi connectivity index (χ1v) is 7.48. The Bertz CT molecular complexity index is 813. The summed E-state index contributed by atoms with van der Waals surface area (Å²) >= 11 is 3.61. The van der Waals surface area contributed by atoms with Crippen LogP contribution in [0.5, 0.6) is 5.75 Å². The molecule has 21 heavy (non-hydrogen) atoms. The molecule has 0 amide bonds. The smallest absolute Gasteiger partial charge is 0.149 e. The van der Waals surface area contributed by atoms with E-state index in [1.807, 2.05) is 48.5 Å². The number of hydrogen-bond acceptors (Lipinski definition) is 1. The van der Waals surface area contributed by atoms with Gasteiger partial charge in [0, 0.05) is 5.56 Å². The van der Waals surface area contributed by atoms with Crippen molar-refractivity contribution < 1.29 is 4.74 Å². The first-order chi connectivity index (χ1) is 10.3. The molecule has 0 atom stereocenters. The van der Waals surface area contributed by atoms with Gasteiger partial charge in [0.05, 0.1) is 4.47 Å². The Balaban J connectivity index is 1.74. The number of halogens is 1. The maximum Gasteiger partial charge on any atom is 0.149 e. The summed E-state index contributed by atoms with van der Waals surface area (Å²) in [6, 6.07) is 22.1. The minimum absolute atomic E-state index is 0.367. The highest BCUT2D eigenvalue weighted by Gasteiger charge is 2.04. The van der Waals surface area contributed by atoms with Crippen LogP contribution in [0.4, 0.5) is 0 Å². The van der Waals surface area contributed by atoms with E-state index in [2.05, 4.69) is 46.0 Å². The molecule has 0 aliphatic heterocycles. The summed E-state index contributed by atoms with van der Waals surface area (Å²) in [5, 5.41) is 2.33. The summed E-state index contributed by atoms with van der Waals surface area (Å²) in [5.74, 6) is 6.93. The van der Waals surface area contributed by atoms with Crippen molar-refractivity contribution >= 4 is 26.7 Å². The predicted octanol–water partition coefficient (Wildman–Crippen LogP) is 5.03. The monoisotopic (exact) mass is 336 g/mol. The molecule has 102 valence electrons. The molecule has 0 aliphatic rings. The van der Waals surface area contributed by atoms with Crippen LogP contribution in [0.25, 0.3) is 10.8 Å². The zero-order valence-electron chi connectivity index (χ0n) is 11.3. The average molecular weight is 337 g/mol. The van der Waals surface area contributed by atoms with E-state index < -0.39 is 0 Å². The molecular weight excluding hydrogens is 324 g/mol. The molecule has 0 heterocycles. The van der Waals surface area contributed by atoms with Crippen molar-refractivity contribution in [3.63, 3.8) is 0 Å². The lowest BCUT2D eigenvalue weighted by Gasteiger charge is -2.07. The van der Waals surface area contributed by atoms with Crippen LogP contribution in [-0.4, -0.2) is 6.61 Å². The summed E-state index contributed by atoms with van der Waals surface area (Å²) in [5.41, 5.74) is 0.999. The summed E-state index contributed by atoms with van der Waals surface area (Å²) in [6.07, 6.45) is 0. The highest BCUT2D eigenvalue weighted by Crippen LogP contribution is 2.32. The van der Waals surface area contributed by atoms with Crippen molar-refractivity contribution in [3.05, 3.63) is 76.8 Å². The fraction of sp³-hybridized carbons (Fsp3) is 0.0526. The van der Waals surface area contributed by atoms with E-state index in [0.717, 1.165) is 21.2 Å². The Morgan fingerprint density at radius 2 is 1.62 bits per heavy atom. The van der Waals surface area contributed by atoms with Gasteiger partial charge in [-0.25, -0.2) is 0 Å². The first-order valence-electron chi connectivity index (χ1n) is 6.68. The quantitative estimate of drug-likeness (QED) is 0.596. The van der Waals surface area contributed by atoms with Gasteiger partial charge >= 0.3 is 0 Å². The standard InChI is InChI=1S/C19H13BrO/c20-19-17-11-5-4-10-16(17)12-13-18(19)21-14-6-9-15-7-2-1-3-8-15/h1-5,7-8,10-13H,14H2. The van der Waals surface area contributed by atoms with Crippen LogP contribution in [0.15, 0.2) is 71.2 Å². The number of fused-ring (bicyclic) bond motifs is 1. The van der Waals surface area contributed by atoms with Crippen LogP contribution < -0.4 is 4.74 Å². The summed E-state index contributed by atoms with van der Waals surface area (Å²) in [6.45, 7) is 0.367. The van der Waals surface area contributed by atoms with Crippen LogP contribution in [0, 0.1) is 11.8 Å². The van der Waals surface area contributed by atoms with Gasteiger partial charge in [-0.15, -0.1) is 0 Å². The average Bonchev–Trinajstić information content (AvgIpc) is 2.55. The molecule has 3 aromatic carbocycles. The van der Waals surface area contributed by atoms with Crippen molar-refractivity contribution in [2.24, 2.45) is 0 Å². The van der Waals surface area contributed by atoms with E-state index in [1.165, 1.54) is 5.39 Å². The van der Waals surface area contributed by atoms with Crippen molar-refractivity contribution in [2.75, 3.05) is 6.61 Å². The first kappa shape index (κ1) is 13.7. The lowest BCUT2D eigenvalue weighted by Crippen LogP contribution is -1.95. The topological polar surface area (TPSA) is 9.23 Å². The molecule has 0 fully saturated rings. The van der Waals surface area contributed by atoms with Crippen LogP contribution >= 0.6 is 15.9 Å². The normalized spacial score (nSPS) is 9.95. The fourth-order valence-corrected chi connectivity index (χ4v) is 2.71. The zero-order valence-corrected chi connectivity index (χ0v) is 12.9. The maximum absolute atomic E-state index is 5.75. The van der Waals surface area contributed by atoms with Gasteiger partial charge in [0.25, 0.3) is 0 Å². The van der Waals surface area contributed by atoms with Crippen LogP contribution in [0.2, 0.25) is 0 Å². The van der Waals surface area contributed by atoms with Gasteiger partial charge in [-0.1, -0.05) is 60.4 Å². The Hall–Kier alpha value is -2.24. The highest BCUT2D eigenvalue weighted by atomic mass is 79.9. The molecule has 0 N–H and O–H groups in total. The third kappa shape index (κ3) is 3.26. The summed E-state index contributed by atoms with van der Waals surface area (Å²) in [4.78, 5) is 0. The second kappa shape index (κ2) is 6.47. The zero-order chi connectivity index (χ0) is 14.5. The van der Waals surface area contributed by atoms with Gasteiger partial charge in [0.1, 0.15) is 12.4 Å². The maximum atomic E-state index is 5.75. The van der Waals surface area contributed by atoms with Crippen molar-refractivity contribution in [1.29, 1.82) is 0 Å². The van der Waals surface area contributed by atoms with E-state index in [0.29, 0.717) is 6.61 Å². The molecule has 0 spiro atoms. The van der Waals surface area contributed by atoms with E-state index in [1.54, 1.807) is 0 Å². The van der Waals surface area contributed by atoms with Crippen LogP contribution in [-0.2, 0) is 0 Å². The lowest BCUT2D eigenvalue weighted by atomic mass is 10.1. The molecular formula is C19H13BrO. The van der Waals surface area contributed by atoms with Gasteiger partial charge in [0.2, 0.25) is 0 Å². The Kier molecular flexibility index (Phi) is 4.23. The Morgan fingerprint density at radius 3 is 2.48 bits per heavy atom. The molecule has 2 heteroatoms. The SMILES string of the molecule is Brc1c(OCC#Cc2ccccc2)ccc2ccccc12. The van der Waals surface area contributed by atoms with E-state index >= 15 is 0 Å². The number of hydrogen-bond donors (Lipinski definition) is 0. The molecule has 3 rings (SSSR count). The molecule has 0 aliphatic carbocycles. The minimum atomic E-state index is 0.367. The second-order valence-electron chi connectivity index (χ2n) is 4.56. The summed E-state index contributed by atoms with van der Waals surface area (Å²) < 4.78 is 6.72. The molecule has 1 nitrogen and oxygen atoms in total. The van der Waals surface area contributed by atoms with Crippen molar-refractivity contribution in [3.8, 4) is 17.6 Å². The van der Waals surface area contributed by atoms with Gasteiger partial charge in [-0.2, -0.15) is 0 Å². The fourth-order valence-electron chi connectivity index (χ4n) is 2.10. The molecule has 0 radical (unpaired) electrons. The molecule has 0 bridgehead atoms. The van der Waals surface area contributed by atoms with Gasteiger partial charge in [-0.05, 0) is 44.9 Å². The van der Waals surface area contributed by atoms with Gasteiger partial charge in [-0.3, -0.25) is 0 Å². The summed E-state index contributed by atoms with van der Waals surface area (Å²) in [7, 11) is 0. The number of rotatable bonds is 2. The molecule has 0 saturated heterocycles. The lowest BCUT2D eigenvalue weighted by molar-refractivity contribution is 0.368. The number of ether oxygens (including phenoxy) is 1. The Labute approximate surface area is 132 Å².